The van der Waals surface area contributed by atoms with Crippen LogP contribution in [-0.4, -0.2) is 37.7 Å². The minimum Gasteiger partial charge on any atom is -0.478 e. The fourth-order valence-corrected chi connectivity index (χ4v) is 1.71. The van der Waals surface area contributed by atoms with Crippen molar-refractivity contribution in [3.05, 3.63) is 45.9 Å². The van der Waals surface area contributed by atoms with Crippen LogP contribution in [0.3, 0.4) is 0 Å². The average molecular weight is 276 g/mol. The van der Waals surface area contributed by atoms with Crippen LogP contribution in [0.25, 0.3) is 0 Å². The van der Waals surface area contributed by atoms with Gasteiger partial charge in [0.1, 0.15) is 11.9 Å². The number of carboxylic acid groups (broad SMARTS) is 1. The van der Waals surface area contributed by atoms with Crippen LogP contribution in [0, 0.1) is 6.92 Å². The number of aromatic nitrogens is 4. The molecular weight excluding hydrogens is 264 g/mol. The number of carboxylic acids is 1. The Morgan fingerprint density at radius 2 is 2.25 bits per heavy atom. The van der Waals surface area contributed by atoms with Gasteiger partial charge >= 0.3 is 5.97 Å². The van der Waals surface area contributed by atoms with E-state index in [-0.39, 0.29) is 29.4 Å². The van der Waals surface area contributed by atoms with E-state index in [2.05, 4.69) is 15.0 Å². The van der Waals surface area contributed by atoms with E-state index in [1.165, 1.54) is 30.3 Å². The van der Waals surface area contributed by atoms with Crippen LogP contribution in [0.2, 0.25) is 0 Å². The summed E-state index contributed by atoms with van der Waals surface area (Å²) in [5, 5.41) is 9.07. The predicted molar refractivity (Wildman–Crippen MR) is 67.9 cm³/mol. The maximum atomic E-state index is 12.0. The number of rotatable bonds is 4. The molecule has 0 bridgehead atoms. The summed E-state index contributed by atoms with van der Waals surface area (Å²) in [5.41, 5.74) is 0.314. The van der Waals surface area contributed by atoms with Gasteiger partial charge in [0, 0.05) is 18.0 Å². The van der Waals surface area contributed by atoms with Crippen LogP contribution in [0.15, 0.2) is 23.4 Å². The summed E-state index contributed by atoms with van der Waals surface area (Å²) >= 11 is 0. The molecule has 1 N–H and O–H groups in total. The van der Waals surface area contributed by atoms with Gasteiger partial charge in [-0.05, 0) is 6.92 Å². The Hall–Kier alpha value is -2.77. The molecule has 2 heterocycles. The maximum absolute atomic E-state index is 12.0. The molecule has 0 aliphatic heterocycles. The lowest BCUT2D eigenvalue weighted by atomic mass is 10.2. The second kappa shape index (κ2) is 5.47. The van der Waals surface area contributed by atoms with E-state index in [4.69, 9.17) is 9.84 Å². The summed E-state index contributed by atoms with van der Waals surface area (Å²) in [7, 11) is 1.38. The van der Waals surface area contributed by atoms with Crippen molar-refractivity contribution in [2.24, 2.45) is 0 Å². The minimum atomic E-state index is -1.16. The van der Waals surface area contributed by atoms with E-state index < -0.39 is 5.97 Å². The fraction of sp³-hybridized carbons (Fsp3) is 0.250. The van der Waals surface area contributed by atoms with E-state index in [9.17, 15) is 9.59 Å². The van der Waals surface area contributed by atoms with E-state index in [0.717, 1.165) is 0 Å². The largest absolute Gasteiger partial charge is 0.478 e. The third-order valence-electron chi connectivity index (χ3n) is 2.62. The highest BCUT2D eigenvalue weighted by molar-refractivity contribution is 5.88. The first-order valence-corrected chi connectivity index (χ1v) is 5.67. The third kappa shape index (κ3) is 2.63. The van der Waals surface area contributed by atoms with Crippen molar-refractivity contribution < 1.29 is 14.6 Å². The Balaban J connectivity index is 2.51. The summed E-state index contributed by atoms with van der Waals surface area (Å²) in [6.07, 6.45) is 2.41. The molecule has 0 amide bonds. The Labute approximate surface area is 113 Å². The molecule has 2 rings (SSSR count). The summed E-state index contributed by atoms with van der Waals surface area (Å²) in [6.45, 7) is 1.61. The van der Waals surface area contributed by atoms with Crippen molar-refractivity contribution in [2.45, 2.75) is 13.5 Å². The van der Waals surface area contributed by atoms with Crippen LogP contribution in [-0.2, 0) is 6.54 Å². The smallest absolute Gasteiger partial charge is 0.339 e. The normalized spacial score (nSPS) is 10.3. The van der Waals surface area contributed by atoms with Gasteiger partial charge in [-0.15, -0.1) is 0 Å². The summed E-state index contributed by atoms with van der Waals surface area (Å²) in [5.74, 6) is -1.16. The number of aryl methyl sites for hydroxylation is 1. The molecule has 8 heteroatoms. The molecule has 0 fully saturated rings. The molecule has 8 nitrogen and oxygen atoms in total. The van der Waals surface area contributed by atoms with Gasteiger partial charge in [0.15, 0.2) is 0 Å². The zero-order valence-electron chi connectivity index (χ0n) is 10.9. The lowest BCUT2D eigenvalue weighted by molar-refractivity contribution is 0.0694. The van der Waals surface area contributed by atoms with Gasteiger partial charge in [-0.3, -0.25) is 9.36 Å². The molecule has 0 unspecified atom stereocenters. The summed E-state index contributed by atoms with van der Waals surface area (Å²) in [4.78, 5) is 34.7. The lowest BCUT2D eigenvalue weighted by Crippen LogP contribution is -2.24. The predicted octanol–water partition coefficient (Wildman–Crippen LogP) is 0.0968. The molecule has 0 aliphatic rings. The number of methoxy groups -OCH3 is 1. The zero-order valence-corrected chi connectivity index (χ0v) is 10.9. The highest BCUT2D eigenvalue weighted by Crippen LogP contribution is 2.10. The van der Waals surface area contributed by atoms with Gasteiger partial charge in [-0.25, -0.2) is 19.7 Å². The molecule has 104 valence electrons. The molecule has 20 heavy (non-hydrogen) atoms. The number of carbonyl (C=O) groups is 1. The van der Waals surface area contributed by atoms with Gasteiger partial charge in [0.25, 0.3) is 11.6 Å². The Kier molecular flexibility index (Phi) is 3.74. The first-order valence-electron chi connectivity index (χ1n) is 5.67. The van der Waals surface area contributed by atoms with Gasteiger partial charge in [-0.2, -0.15) is 0 Å². The van der Waals surface area contributed by atoms with Crippen molar-refractivity contribution in [2.75, 3.05) is 7.11 Å². The van der Waals surface area contributed by atoms with Gasteiger partial charge in [0.2, 0.25) is 0 Å². The van der Waals surface area contributed by atoms with E-state index >= 15 is 0 Å². The Morgan fingerprint density at radius 3 is 2.90 bits per heavy atom. The van der Waals surface area contributed by atoms with E-state index in [1.807, 2.05) is 0 Å². The standard InChI is InChI=1S/C12H12N4O4/c1-7-3-10(17)16(12(15-7)20-2)5-9-8(11(18)19)4-13-6-14-9/h3-4,6H,5H2,1-2H3,(H,18,19). The van der Waals surface area contributed by atoms with Gasteiger partial charge < -0.3 is 9.84 Å². The monoisotopic (exact) mass is 276 g/mol. The SMILES string of the molecule is COc1nc(C)cc(=O)n1Cc1ncncc1C(=O)O. The molecule has 2 aromatic heterocycles. The maximum Gasteiger partial charge on any atom is 0.339 e. The summed E-state index contributed by atoms with van der Waals surface area (Å²) in [6, 6.07) is 1.44. The van der Waals surface area contributed by atoms with Crippen molar-refractivity contribution in [3.63, 3.8) is 0 Å². The van der Waals surface area contributed by atoms with Gasteiger partial charge in [-0.1, -0.05) is 0 Å². The molecule has 0 aliphatic carbocycles. The van der Waals surface area contributed by atoms with Crippen LogP contribution in [0.5, 0.6) is 6.01 Å². The van der Waals surface area contributed by atoms with Crippen LogP contribution < -0.4 is 10.3 Å². The molecule has 0 radical (unpaired) electrons. The second-order valence-electron chi connectivity index (χ2n) is 4.00. The Morgan fingerprint density at radius 1 is 1.50 bits per heavy atom. The number of hydrogen-bond acceptors (Lipinski definition) is 6. The van der Waals surface area contributed by atoms with Crippen molar-refractivity contribution >= 4 is 5.97 Å². The van der Waals surface area contributed by atoms with Crippen molar-refractivity contribution in [3.8, 4) is 6.01 Å². The van der Waals surface area contributed by atoms with Crippen LogP contribution in [0.1, 0.15) is 21.7 Å². The van der Waals surface area contributed by atoms with E-state index in [0.29, 0.717) is 5.69 Å². The van der Waals surface area contributed by atoms with Gasteiger partial charge in [0.05, 0.1) is 19.3 Å². The molecule has 0 spiro atoms. The van der Waals surface area contributed by atoms with Crippen LogP contribution >= 0.6 is 0 Å². The quantitative estimate of drug-likeness (QED) is 0.843. The fourth-order valence-electron chi connectivity index (χ4n) is 1.71. The molecule has 0 aromatic carbocycles. The average Bonchev–Trinajstić information content (AvgIpc) is 2.41. The highest BCUT2D eigenvalue weighted by Gasteiger charge is 2.15. The molecule has 2 aromatic rings. The topological polar surface area (TPSA) is 107 Å². The minimum absolute atomic E-state index is 0.0561. The first kappa shape index (κ1) is 13.7. The number of aromatic carboxylic acids is 1. The highest BCUT2D eigenvalue weighted by atomic mass is 16.5. The Bertz CT molecular complexity index is 711. The van der Waals surface area contributed by atoms with Crippen molar-refractivity contribution in [1.29, 1.82) is 0 Å². The molecular formula is C12H12N4O4. The molecule has 0 atom stereocenters. The van der Waals surface area contributed by atoms with Crippen molar-refractivity contribution in [1.82, 2.24) is 19.5 Å². The first-order chi connectivity index (χ1) is 9.52. The second-order valence-corrected chi connectivity index (χ2v) is 4.00. The molecule has 0 saturated carbocycles. The lowest BCUT2D eigenvalue weighted by Gasteiger charge is -2.11. The number of ether oxygens (including phenoxy) is 1. The summed E-state index contributed by atoms with van der Waals surface area (Å²) < 4.78 is 6.25. The zero-order chi connectivity index (χ0) is 14.7. The van der Waals surface area contributed by atoms with E-state index in [1.54, 1.807) is 6.92 Å². The number of nitrogens with zero attached hydrogens (tertiary/aromatic N) is 4. The number of hydrogen-bond donors (Lipinski definition) is 1. The third-order valence-corrected chi connectivity index (χ3v) is 2.62. The molecule has 0 saturated heterocycles. The van der Waals surface area contributed by atoms with Crippen LogP contribution in [0.4, 0.5) is 0 Å².